The average molecular weight is 485 g/mol. The molecule has 1 aliphatic heterocycles. The van der Waals surface area contributed by atoms with E-state index in [2.05, 4.69) is 53.6 Å². The maximum Gasteiger partial charge on any atom is 0.274 e. The molecule has 9 heteroatoms. The molecule has 0 aliphatic carbocycles. The summed E-state index contributed by atoms with van der Waals surface area (Å²) in [4.78, 5) is 23.4. The Hall–Kier alpha value is -2.91. The van der Waals surface area contributed by atoms with E-state index in [0.717, 1.165) is 31.6 Å². The number of aryl methyl sites for hydroxylation is 1. The second-order valence-electron chi connectivity index (χ2n) is 7.64. The van der Waals surface area contributed by atoms with E-state index in [1.54, 1.807) is 31.6 Å². The molecule has 1 aromatic carbocycles. The molecule has 3 heterocycles. The number of aliphatic hydroxyl groups is 1. The van der Waals surface area contributed by atoms with Gasteiger partial charge in [-0.3, -0.25) is 4.79 Å². The molecular weight excluding hydrogens is 460 g/mol. The molecule has 162 valence electrons. The van der Waals surface area contributed by atoms with Crippen LogP contribution in [0.3, 0.4) is 0 Å². The van der Waals surface area contributed by atoms with Crippen molar-refractivity contribution < 1.29 is 5.11 Å². The van der Waals surface area contributed by atoms with Crippen molar-refractivity contribution >= 4 is 44.8 Å². The van der Waals surface area contributed by atoms with Gasteiger partial charge in [-0.15, -0.1) is 0 Å². The standard InChI is InChI=1S/C22H25BrN6O2/c1-28-10-2-3-19(21(28)31)26-20-18(23)13-24-22(27-20)25-16-4-6-17(7-5-16)29-11-8-15(14-30)9-12-29/h2-7,10,13,15,30H,8-9,11-12,14H2,1H3,(H2,24,25,26,27). The maximum absolute atomic E-state index is 12.3. The number of anilines is 5. The van der Waals surface area contributed by atoms with Crippen LogP contribution in [0.1, 0.15) is 12.8 Å². The van der Waals surface area contributed by atoms with E-state index < -0.39 is 0 Å². The quantitative estimate of drug-likeness (QED) is 0.491. The Morgan fingerprint density at radius 1 is 1.16 bits per heavy atom. The minimum atomic E-state index is -0.138. The zero-order valence-electron chi connectivity index (χ0n) is 17.3. The molecule has 1 fully saturated rings. The molecule has 1 aliphatic rings. The van der Waals surface area contributed by atoms with Crippen LogP contribution in [-0.4, -0.2) is 39.3 Å². The van der Waals surface area contributed by atoms with Gasteiger partial charge >= 0.3 is 0 Å². The Labute approximate surface area is 189 Å². The number of pyridine rings is 1. The Bertz CT molecular complexity index is 1090. The molecule has 0 bridgehead atoms. The number of benzene rings is 1. The first kappa shape index (κ1) is 21.3. The number of piperidine rings is 1. The molecule has 0 spiro atoms. The minimum Gasteiger partial charge on any atom is -0.396 e. The molecular formula is C22H25BrN6O2. The van der Waals surface area contributed by atoms with Crippen LogP contribution in [0, 0.1) is 5.92 Å². The van der Waals surface area contributed by atoms with E-state index in [1.165, 1.54) is 10.3 Å². The topological polar surface area (TPSA) is 95.3 Å². The van der Waals surface area contributed by atoms with E-state index >= 15 is 0 Å². The van der Waals surface area contributed by atoms with Gasteiger partial charge in [0.2, 0.25) is 5.95 Å². The summed E-state index contributed by atoms with van der Waals surface area (Å²) < 4.78 is 2.16. The molecule has 2 aromatic heterocycles. The summed E-state index contributed by atoms with van der Waals surface area (Å²) in [6, 6.07) is 11.7. The molecule has 0 unspecified atom stereocenters. The number of aromatic nitrogens is 3. The van der Waals surface area contributed by atoms with Crippen molar-refractivity contribution in [3.63, 3.8) is 0 Å². The molecule has 0 amide bonds. The smallest absolute Gasteiger partial charge is 0.274 e. The van der Waals surface area contributed by atoms with Crippen LogP contribution in [-0.2, 0) is 7.05 Å². The summed E-state index contributed by atoms with van der Waals surface area (Å²) >= 11 is 3.43. The number of nitrogens with one attached hydrogen (secondary N) is 2. The summed E-state index contributed by atoms with van der Waals surface area (Å²) in [6.45, 7) is 2.20. The summed E-state index contributed by atoms with van der Waals surface area (Å²) in [5.41, 5.74) is 2.34. The van der Waals surface area contributed by atoms with Gasteiger partial charge in [0.15, 0.2) is 5.82 Å². The predicted octanol–water partition coefficient (Wildman–Crippen LogP) is 3.63. The highest BCUT2D eigenvalue weighted by Gasteiger charge is 2.18. The van der Waals surface area contributed by atoms with Gasteiger partial charge in [0, 0.05) is 50.5 Å². The fourth-order valence-corrected chi connectivity index (χ4v) is 3.88. The van der Waals surface area contributed by atoms with Gasteiger partial charge in [0.25, 0.3) is 5.56 Å². The van der Waals surface area contributed by atoms with Crippen molar-refractivity contribution in [3.05, 3.63) is 63.6 Å². The van der Waals surface area contributed by atoms with E-state index in [9.17, 15) is 9.90 Å². The van der Waals surface area contributed by atoms with E-state index in [0.29, 0.717) is 27.8 Å². The molecule has 8 nitrogen and oxygen atoms in total. The number of rotatable bonds is 6. The van der Waals surface area contributed by atoms with Gasteiger partial charge in [0.05, 0.1) is 4.47 Å². The van der Waals surface area contributed by atoms with Crippen LogP contribution in [0.5, 0.6) is 0 Å². The lowest BCUT2D eigenvalue weighted by Crippen LogP contribution is -2.34. The lowest BCUT2D eigenvalue weighted by molar-refractivity contribution is 0.203. The van der Waals surface area contributed by atoms with Gasteiger partial charge in [-0.2, -0.15) is 4.98 Å². The van der Waals surface area contributed by atoms with Crippen LogP contribution in [0.2, 0.25) is 0 Å². The first-order valence-electron chi connectivity index (χ1n) is 10.2. The van der Waals surface area contributed by atoms with Crippen molar-refractivity contribution in [2.75, 3.05) is 35.2 Å². The number of nitrogens with zero attached hydrogens (tertiary/aromatic N) is 4. The van der Waals surface area contributed by atoms with E-state index in [1.807, 2.05) is 12.1 Å². The van der Waals surface area contributed by atoms with Crippen LogP contribution in [0.25, 0.3) is 0 Å². The Morgan fingerprint density at radius 2 is 1.90 bits per heavy atom. The number of hydrogen-bond donors (Lipinski definition) is 3. The van der Waals surface area contributed by atoms with E-state index in [-0.39, 0.29) is 12.2 Å². The van der Waals surface area contributed by atoms with Gasteiger partial charge in [0.1, 0.15) is 5.69 Å². The molecule has 1 saturated heterocycles. The number of hydrogen-bond acceptors (Lipinski definition) is 7. The lowest BCUT2D eigenvalue weighted by atomic mass is 9.97. The minimum absolute atomic E-state index is 0.138. The highest BCUT2D eigenvalue weighted by Crippen LogP contribution is 2.27. The third kappa shape index (κ3) is 5.05. The second kappa shape index (κ2) is 9.49. The molecule has 3 N–H and O–H groups in total. The van der Waals surface area contributed by atoms with Crippen molar-refractivity contribution in [2.45, 2.75) is 12.8 Å². The first-order valence-corrected chi connectivity index (χ1v) is 11.0. The zero-order chi connectivity index (χ0) is 21.8. The zero-order valence-corrected chi connectivity index (χ0v) is 18.8. The third-order valence-electron chi connectivity index (χ3n) is 5.48. The van der Waals surface area contributed by atoms with Gasteiger partial charge in [-0.1, -0.05) is 0 Å². The summed E-state index contributed by atoms with van der Waals surface area (Å²) in [6.07, 6.45) is 5.38. The summed E-state index contributed by atoms with van der Waals surface area (Å²) in [5.74, 6) is 1.35. The van der Waals surface area contributed by atoms with Crippen LogP contribution >= 0.6 is 15.9 Å². The maximum atomic E-state index is 12.3. The van der Waals surface area contributed by atoms with Crippen molar-refractivity contribution in [1.29, 1.82) is 0 Å². The van der Waals surface area contributed by atoms with Crippen molar-refractivity contribution in [3.8, 4) is 0 Å². The molecule has 0 atom stereocenters. The normalized spacial score (nSPS) is 14.5. The van der Waals surface area contributed by atoms with Crippen LogP contribution < -0.4 is 21.1 Å². The highest BCUT2D eigenvalue weighted by molar-refractivity contribution is 9.10. The van der Waals surface area contributed by atoms with Crippen LogP contribution in [0.4, 0.5) is 28.8 Å². The first-order chi connectivity index (χ1) is 15.0. The lowest BCUT2D eigenvalue weighted by Gasteiger charge is -2.32. The Balaban J connectivity index is 1.45. The average Bonchev–Trinajstić information content (AvgIpc) is 2.80. The highest BCUT2D eigenvalue weighted by atomic mass is 79.9. The van der Waals surface area contributed by atoms with Crippen molar-refractivity contribution in [2.24, 2.45) is 13.0 Å². The fraction of sp³-hybridized carbons (Fsp3) is 0.318. The van der Waals surface area contributed by atoms with Gasteiger partial charge in [-0.25, -0.2) is 4.98 Å². The van der Waals surface area contributed by atoms with Crippen LogP contribution in [0.15, 0.2) is 58.1 Å². The number of halogens is 1. The molecule has 4 rings (SSSR count). The molecule has 0 radical (unpaired) electrons. The Kier molecular flexibility index (Phi) is 6.53. The van der Waals surface area contributed by atoms with Gasteiger partial charge in [-0.05, 0) is 71.1 Å². The predicted molar refractivity (Wildman–Crippen MR) is 126 cm³/mol. The monoisotopic (exact) mass is 484 g/mol. The number of aliphatic hydroxyl groups excluding tert-OH is 1. The SMILES string of the molecule is Cn1cccc(Nc2nc(Nc3ccc(N4CCC(CO)CC4)cc3)ncc2Br)c1=O. The fourth-order valence-electron chi connectivity index (χ4n) is 3.59. The van der Waals surface area contributed by atoms with Gasteiger partial charge < -0.3 is 25.2 Å². The second-order valence-corrected chi connectivity index (χ2v) is 8.49. The summed E-state index contributed by atoms with van der Waals surface area (Å²) in [7, 11) is 1.70. The molecule has 3 aromatic rings. The van der Waals surface area contributed by atoms with Crippen molar-refractivity contribution in [1.82, 2.24) is 14.5 Å². The Morgan fingerprint density at radius 3 is 2.61 bits per heavy atom. The molecule has 31 heavy (non-hydrogen) atoms. The summed E-state index contributed by atoms with van der Waals surface area (Å²) in [5, 5.41) is 15.6. The third-order valence-corrected chi connectivity index (χ3v) is 6.06. The van der Waals surface area contributed by atoms with E-state index in [4.69, 9.17) is 0 Å². The molecule has 0 saturated carbocycles. The largest absolute Gasteiger partial charge is 0.396 e.